The van der Waals surface area contributed by atoms with Gasteiger partial charge in [0.2, 0.25) is 11.8 Å². The van der Waals surface area contributed by atoms with Gasteiger partial charge in [0, 0.05) is 31.4 Å². The zero-order chi connectivity index (χ0) is 42.1. The number of aliphatic imine (C=N–C) groups is 1. The second kappa shape index (κ2) is 17.4. The first-order valence-corrected chi connectivity index (χ1v) is 21.1. The van der Waals surface area contributed by atoms with Crippen molar-refractivity contribution in [2.45, 2.75) is 103 Å². The van der Waals surface area contributed by atoms with E-state index < -0.39 is 24.3 Å². The van der Waals surface area contributed by atoms with Crippen LogP contribution in [0.3, 0.4) is 0 Å². The number of carbonyl (C=O) groups excluding carboxylic acids is 4. The number of H-pyrrole nitrogens is 1. The SMILES string of the molecule is COC(=O)N[C@H](C(=O)N1C[C@@H](C)C[C@H]1C1=NC=C(c2ccc([C@@H]3C[C@@H]3c3ccc(-c4cnc([C@@H]5C[C@H](C)CN5C(=O)[C@@H](NC(=O)OC)C(C)C)[nH]4)cc3)cc2)C1)C(C)C. The van der Waals surface area contributed by atoms with Gasteiger partial charge in [-0.05, 0) is 82.6 Å². The van der Waals surface area contributed by atoms with E-state index in [1.54, 1.807) is 0 Å². The largest absolute Gasteiger partial charge is 0.453 e. The lowest BCUT2D eigenvalue weighted by Crippen LogP contribution is -2.53. The minimum atomic E-state index is -0.686. The van der Waals surface area contributed by atoms with Crippen LogP contribution in [0.1, 0.15) is 108 Å². The molecule has 13 nitrogen and oxygen atoms in total. The fraction of sp³-hybridized carbons (Fsp3) is 0.522. The highest BCUT2D eigenvalue weighted by Gasteiger charge is 2.43. The Morgan fingerprint density at radius 3 is 1.71 bits per heavy atom. The molecule has 3 fully saturated rings. The van der Waals surface area contributed by atoms with Gasteiger partial charge in [-0.2, -0.15) is 0 Å². The Labute approximate surface area is 347 Å². The van der Waals surface area contributed by atoms with Gasteiger partial charge in [0.25, 0.3) is 0 Å². The van der Waals surface area contributed by atoms with E-state index in [0.29, 0.717) is 43.2 Å². The molecule has 1 saturated carbocycles. The summed E-state index contributed by atoms with van der Waals surface area (Å²) in [6.07, 6.45) is 6.00. The molecule has 2 saturated heterocycles. The molecule has 3 aliphatic heterocycles. The van der Waals surface area contributed by atoms with E-state index in [4.69, 9.17) is 19.5 Å². The van der Waals surface area contributed by atoms with Crippen molar-refractivity contribution in [1.82, 2.24) is 30.4 Å². The number of ether oxygens (including phenoxy) is 2. The van der Waals surface area contributed by atoms with Crippen LogP contribution in [0, 0.1) is 23.7 Å². The van der Waals surface area contributed by atoms with Crippen molar-refractivity contribution in [1.29, 1.82) is 0 Å². The fourth-order valence-electron chi connectivity index (χ4n) is 9.18. The van der Waals surface area contributed by atoms with Gasteiger partial charge in [-0.25, -0.2) is 14.6 Å². The maximum atomic E-state index is 13.7. The molecule has 3 N–H and O–H groups in total. The lowest BCUT2D eigenvalue weighted by atomic mass is 9.95. The highest BCUT2D eigenvalue weighted by Crippen LogP contribution is 2.55. The van der Waals surface area contributed by atoms with Crippen LogP contribution < -0.4 is 10.6 Å². The molecule has 314 valence electrons. The third-order valence-corrected chi connectivity index (χ3v) is 12.6. The molecule has 7 rings (SSSR count). The van der Waals surface area contributed by atoms with Gasteiger partial charge in [0.1, 0.15) is 17.9 Å². The highest BCUT2D eigenvalue weighted by atomic mass is 16.5. The normalized spacial score (nSPS) is 24.8. The van der Waals surface area contributed by atoms with Crippen molar-refractivity contribution in [2.75, 3.05) is 27.3 Å². The van der Waals surface area contributed by atoms with Crippen LogP contribution in [0.15, 0.2) is 65.9 Å². The third-order valence-electron chi connectivity index (χ3n) is 12.6. The monoisotopic (exact) mass is 805 g/mol. The number of benzene rings is 2. The maximum absolute atomic E-state index is 13.7. The smallest absolute Gasteiger partial charge is 0.407 e. The second-order valence-electron chi connectivity index (χ2n) is 17.7. The summed E-state index contributed by atoms with van der Waals surface area (Å²) in [6.45, 7) is 13.2. The predicted octanol–water partition coefficient (Wildman–Crippen LogP) is 7.44. The number of methoxy groups -OCH3 is 2. The number of allylic oxidation sites excluding steroid dienone is 1. The van der Waals surface area contributed by atoms with Gasteiger partial charge in [0.15, 0.2) is 0 Å². The molecule has 3 aromatic rings. The number of carbonyl (C=O) groups is 4. The van der Waals surface area contributed by atoms with Gasteiger partial charge >= 0.3 is 12.2 Å². The van der Waals surface area contributed by atoms with Crippen molar-refractivity contribution in [3.8, 4) is 11.3 Å². The summed E-state index contributed by atoms with van der Waals surface area (Å²) in [5, 5.41) is 5.46. The summed E-state index contributed by atoms with van der Waals surface area (Å²) < 4.78 is 9.58. The number of likely N-dealkylation sites (tertiary alicyclic amines) is 2. The number of amides is 4. The number of nitrogens with zero attached hydrogens (tertiary/aromatic N) is 4. The van der Waals surface area contributed by atoms with Gasteiger partial charge in [0.05, 0.1) is 38.2 Å². The molecule has 0 unspecified atom stereocenters. The molecule has 2 aromatic carbocycles. The van der Waals surface area contributed by atoms with Crippen molar-refractivity contribution < 1.29 is 28.7 Å². The zero-order valence-corrected chi connectivity index (χ0v) is 35.5. The molecular weight excluding hydrogens is 747 g/mol. The zero-order valence-electron chi connectivity index (χ0n) is 35.5. The molecule has 4 aliphatic rings. The van der Waals surface area contributed by atoms with E-state index in [9.17, 15) is 19.2 Å². The maximum Gasteiger partial charge on any atom is 0.407 e. The summed E-state index contributed by atoms with van der Waals surface area (Å²) >= 11 is 0. The summed E-state index contributed by atoms with van der Waals surface area (Å²) in [4.78, 5) is 68.3. The van der Waals surface area contributed by atoms with E-state index in [0.717, 1.165) is 53.2 Å². The standard InChI is InChI=1S/C46H59N7O6/c1-25(2)40(50-45(56)58-7)43(54)52-23-27(5)17-38(52)36-19-33(21-47-36)29-9-11-30(12-10-29)34-20-35(34)31-13-15-32(16-14-31)37-22-48-42(49-37)39-18-28(6)24-53(39)44(55)41(26(3)4)51-46(57)59-8/h9-16,21-22,25-28,34-35,38-41H,17-20,23-24H2,1-8H3,(H,48,49)(H,50,56)(H,51,57)/t27-,28-,34-,35+,38-,39-,40-,41-/m0/s1. The van der Waals surface area contributed by atoms with Crippen LogP contribution in [0.4, 0.5) is 9.59 Å². The quantitative estimate of drug-likeness (QED) is 0.172. The highest BCUT2D eigenvalue weighted by molar-refractivity contribution is 6.03. The first-order chi connectivity index (χ1) is 28.3. The first-order valence-electron chi connectivity index (χ1n) is 21.1. The lowest BCUT2D eigenvalue weighted by molar-refractivity contribution is -0.136. The predicted molar refractivity (Wildman–Crippen MR) is 226 cm³/mol. The van der Waals surface area contributed by atoms with Crippen LogP contribution in [0.2, 0.25) is 0 Å². The number of rotatable bonds is 12. The number of alkyl carbamates (subject to hydrolysis) is 2. The summed E-state index contributed by atoms with van der Waals surface area (Å²) in [5.41, 5.74) is 7.86. The Kier molecular flexibility index (Phi) is 12.3. The number of imidazole rings is 1. The molecule has 0 spiro atoms. The van der Waals surface area contributed by atoms with Crippen LogP contribution in [0.5, 0.6) is 0 Å². The van der Waals surface area contributed by atoms with Gasteiger partial charge in [-0.1, -0.05) is 90.1 Å². The molecule has 8 atom stereocenters. The fourth-order valence-corrected chi connectivity index (χ4v) is 9.18. The van der Waals surface area contributed by atoms with E-state index >= 15 is 0 Å². The summed E-state index contributed by atoms with van der Waals surface area (Å²) in [6, 6.07) is 15.9. The van der Waals surface area contributed by atoms with Crippen molar-refractivity contribution in [3.05, 3.63) is 83.4 Å². The Morgan fingerprint density at radius 1 is 0.712 bits per heavy atom. The van der Waals surface area contributed by atoms with E-state index in [1.807, 2.05) is 49.9 Å². The van der Waals surface area contributed by atoms with Crippen molar-refractivity contribution >= 4 is 35.3 Å². The van der Waals surface area contributed by atoms with Gasteiger partial charge in [-0.3, -0.25) is 14.6 Å². The van der Waals surface area contributed by atoms with Crippen molar-refractivity contribution in [3.63, 3.8) is 0 Å². The molecule has 13 heteroatoms. The van der Waals surface area contributed by atoms with Crippen molar-refractivity contribution in [2.24, 2.45) is 28.7 Å². The number of aromatic amines is 1. The van der Waals surface area contributed by atoms with Crippen LogP contribution >= 0.6 is 0 Å². The van der Waals surface area contributed by atoms with Gasteiger partial charge in [-0.15, -0.1) is 0 Å². The molecule has 4 amide bonds. The molecule has 59 heavy (non-hydrogen) atoms. The van der Waals surface area contributed by atoms with Crippen LogP contribution in [-0.4, -0.2) is 94.9 Å². The minimum Gasteiger partial charge on any atom is -0.453 e. The molecule has 0 bridgehead atoms. The number of aromatic nitrogens is 2. The number of nitrogens with one attached hydrogen (secondary N) is 3. The second-order valence-corrected chi connectivity index (χ2v) is 17.7. The molecular formula is C46H59N7O6. The number of hydrogen-bond donors (Lipinski definition) is 3. The van der Waals surface area contributed by atoms with E-state index in [1.165, 1.54) is 25.3 Å². The summed E-state index contributed by atoms with van der Waals surface area (Å²) in [5.74, 6) is 1.89. The number of hydrogen-bond acceptors (Lipinski definition) is 8. The summed E-state index contributed by atoms with van der Waals surface area (Å²) in [7, 11) is 2.61. The van der Waals surface area contributed by atoms with Gasteiger partial charge < -0.3 is 34.9 Å². The average molecular weight is 806 g/mol. The Morgan fingerprint density at radius 2 is 1.20 bits per heavy atom. The lowest BCUT2D eigenvalue weighted by Gasteiger charge is -2.31. The topological polar surface area (TPSA) is 158 Å². The average Bonchev–Trinajstić information content (AvgIpc) is 3.65. The first kappa shape index (κ1) is 41.7. The molecule has 0 radical (unpaired) electrons. The van der Waals surface area contributed by atoms with E-state index in [-0.39, 0.29) is 35.7 Å². The van der Waals surface area contributed by atoms with E-state index in [2.05, 4.69) is 78.0 Å². The Balaban J connectivity index is 0.949. The third kappa shape index (κ3) is 8.94. The molecule has 4 heterocycles. The minimum absolute atomic E-state index is 0.0838. The Bertz CT molecular complexity index is 2090. The molecule has 1 aromatic heterocycles. The molecule has 1 aliphatic carbocycles. The Hall–Kier alpha value is -5.46. The van der Waals surface area contributed by atoms with Crippen LogP contribution in [0.25, 0.3) is 16.8 Å². The van der Waals surface area contributed by atoms with Crippen LogP contribution in [-0.2, 0) is 19.1 Å².